The van der Waals surface area contributed by atoms with Gasteiger partial charge in [0.05, 0.1) is 31.8 Å². The van der Waals surface area contributed by atoms with Crippen molar-refractivity contribution >= 4 is 16.9 Å². The molecule has 0 unspecified atom stereocenters. The van der Waals surface area contributed by atoms with Crippen LogP contribution in [0.2, 0.25) is 0 Å². The molecule has 114 valence electrons. The van der Waals surface area contributed by atoms with Gasteiger partial charge in [0, 0.05) is 23.6 Å². The molecule has 2 rings (SSSR count). The number of quaternary nitrogens is 1. The normalized spacial score (nSPS) is 11.3. The van der Waals surface area contributed by atoms with Crippen LogP contribution in [0.4, 0.5) is 0 Å². The van der Waals surface area contributed by atoms with E-state index in [0.717, 1.165) is 22.2 Å². The van der Waals surface area contributed by atoms with Crippen molar-refractivity contribution in [3.8, 4) is 5.75 Å². The van der Waals surface area contributed by atoms with Crippen LogP contribution in [0.25, 0.3) is 10.9 Å². The number of phenolic OH excluding ortho intramolecular Hbond substituents is 1. The molecular weight excluding hydrogens is 268 g/mol. The van der Waals surface area contributed by atoms with Gasteiger partial charge in [-0.05, 0) is 26.0 Å². The predicted molar refractivity (Wildman–Crippen MR) is 81.8 cm³/mol. The average Bonchev–Trinajstić information content (AvgIpc) is 2.66. The number of hydrogen-bond donors (Lipinski definition) is 2. The van der Waals surface area contributed by atoms with Crippen molar-refractivity contribution in [1.82, 2.24) is 4.57 Å². The molecule has 0 fully saturated rings. The lowest BCUT2D eigenvalue weighted by Crippen LogP contribution is -3.04. The standard InChI is InChI=1S/C16H22N2O3/c1-6-21-16(20)14-10(2)18(5)12-7-8-13(19)11(15(12)14)9-17(3)4/h7-8,19H,6,9H2,1-5H3/p+1. The fourth-order valence-corrected chi connectivity index (χ4v) is 2.70. The number of carbonyl (C=O) groups is 1. The molecule has 5 heteroatoms. The van der Waals surface area contributed by atoms with Gasteiger partial charge in [-0.2, -0.15) is 0 Å². The molecule has 1 aromatic heterocycles. The zero-order chi connectivity index (χ0) is 15.7. The highest BCUT2D eigenvalue weighted by atomic mass is 16.5. The van der Waals surface area contributed by atoms with Gasteiger partial charge >= 0.3 is 5.97 Å². The summed E-state index contributed by atoms with van der Waals surface area (Å²) >= 11 is 0. The predicted octanol–water partition coefficient (Wildman–Crippen LogP) is 1.01. The minimum absolute atomic E-state index is 0.222. The molecule has 0 saturated carbocycles. The van der Waals surface area contributed by atoms with E-state index in [-0.39, 0.29) is 11.7 Å². The Balaban J connectivity index is 2.80. The number of nitrogens with one attached hydrogen (secondary N) is 1. The van der Waals surface area contributed by atoms with Gasteiger partial charge in [-0.3, -0.25) is 0 Å². The molecule has 0 aliphatic carbocycles. The zero-order valence-corrected chi connectivity index (χ0v) is 13.3. The Morgan fingerprint density at radius 1 is 1.38 bits per heavy atom. The second-order valence-corrected chi connectivity index (χ2v) is 5.58. The van der Waals surface area contributed by atoms with Gasteiger partial charge in [-0.25, -0.2) is 4.79 Å². The van der Waals surface area contributed by atoms with E-state index in [0.29, 0.717) is 18.7 Å². The van der Waals surface area contributed by atoms with Crippen molar-refractivity contribution in [2.45, 2.75) is 20.4 Å². The summed E-state index contributed by atoms with van der Waals surface area (Å²) in [4.78, 5) is 13.5. The van der Waals surface area contributed by atoms with Crippen molar-refractivity contribution in [2.24, 2.45) is 7.05 Å². The zero-order valence-electron chi connectivity index (χ0n) is 13.3. The van der Waals surface area contributed by atoms with Crippen molar-refractivity contribution < 1.29 is 19.5 Å². The van der Waals surface area contributed by atoms with Gasteiger partial charge in [-0.15, -0.1) is 0 Å². The molecule has 0 amide bonds. The topological polar surface area (TPSA) is 55.9 Å². The first-order valence-electron chi connectivity index (χ1n) is 7.14. The molecule has 21 heavy (non-hydrogen) atoms. The van der Waals surface area contributed by atoms with Crippen molar-refractivity contribution in [1.29, 1.82) is 0 Å². The molecule has 2 aromatic rings. The van der Waals surface area contributed by atoms with E-state index in [1.54, 1.807) is 13.0 Å². The number of hydrogen-bond acceptors (Lipinski definition) is 3. The third kappa shape index (κ3) is 2.61. The Kier molecular flexibility index (Phi) is 4.23. The molecule has 1 heterocycles. The monoisotopic (exact) mass is 291 g/mol. The lowest BCUT2D eigenvalue weighted by molar-refractivity contribution is -0.872. The number of phenols is 1. The summed E-state index contributed by atoms with van der Waals surface area (Å²) in [5.74, 6) is -0.110. The highest BCUT2D eigenvalue weighted by Crippen LogP contribution is 2.33. The van der Waals surface area contributed by atoms with Crippen LogP contribution in [0.1, 0.15) is 28.5 Å². The molecule has 2 N–H and O–H groups in total. The quantitative estimate of drug-likeness (QED) is 0.827. The summed E-state index contributed by atoms with van der Waals surface area (Å²) < 4.78 is 7.16. The van der Waals surface area contributed by atoms with Crippen LogP contribution in [-0.2, 0) is 18.3 Å². The van der Waals surface area contributed by atoms with Crippen molar-refractivity contribution in [3.63, 3.8) is 0 Å². The van der Waals surface area contributed by atoms with E-state index < -0.39 is 0 Å². The summed E-state index contributed by atoms with van der Waals surface area (Å²) in [5.41, 5.74) is 3.13. The lowest BCUT2D eigenvalue weighted by Gasteiger charge is -2.11. The number of fused-ring (bicyclic) bond motifs is 1. The number of aromatic hydroxyl groups is 1. The molecule has 0 atom stereocenters. The maximum Gasteiger partial charge on any atom is 0.340 e. The fraction of sp³-hybridized carbons (Fsp3) is 0.438. The van der Waals surface area contributed by atoms with Crippen molar-refractivity contribution in [2.75, 3.05) is 20.7 Å². The van der Waals surface area contributed by atoms with Crippen LogP contribution < -0.4 is 4.90 Å². The highest BCUT2D eigenvalue weighted by molar-refractivity contribution is 6.07. The summed E-state index contributed by atoms with van der Waals surface area (Å²) in [7, 11) is 5.94. The number of benzene rings is 1. The summed E-state index contributed by atoms with van der Waals surface area (Å²) in [6.45, 7) is 4.66. The van der Waals surface area contributed by atoms with Gasteiger partial charge in [0.1, 0.15) is 12.3 Å². The third-order valence-corrected chi connectivity index (χ3v) is 3.75. The number of ether oxygens (including phenoxy) is 1. The molecule has 0 saturated heterocycles. The number of aryl methyl sites for hydroxylation is 1. The Morgan fingerprint density at radius 2 is 2.05 bits per heavy atom. The second kappa shape index (κ2) is 5.77. The Labute approximate surface area is 124 Å². The minimum Gasteiger partial charge on any atom is -0.507 e. The molecule has 0 spiro atoms. The molecule has 0 radical (unpaired) electrons. The van der Waals surface area contributed by atoms with Crippen LogP contribution in [0, 0.1) is 6.92 Å². The summed E-state index contributed by atoms with van der Waals surface area (Å²) in [5, 5.41) is 11.0. The molecule has 0 bridgehead atoms. The molecule has 5 nitrogen and oxygen atoms in total. The molecular formula is C16H23N2O3+. The molecule has 0 aliphatic heterocycles. The Hall–Kier alpha value is -2.01. The Morgan fingerprint density at radius 3 is 2.62 bits per heavy atom. The number of nitrogens with zero attached hydrogens (tertiary/aromatic N) is 1. The smallest absolute Gasteiger partial charge is 0.340 e. The van der Waals surface area contributed by atoms with Crippen LogP contribution in [-0.4, -0.2) is 36.3 Å². The molecule has 0 aliphatic rings. The van der Waals surface area contributed by atoms with Gasteiger partial charge in [-0.1, -0.05) is 0 Å². The second-order valence-electron chi connectivity index (χ2n) is 5.58. The van der Waals surface area contributed by atoms with E-state index in [1.165, 1.54) is 4.90 Å². The first-order valence-corrected chi connectivity index (χ1v) is 7.14. The largest absolute Gasteiger partial charge is 0.507 e. The van der Waals surface area contributed by atoms with Crippen LogP contribution in [0.3, 0.4) is 0 Å². The van der Waals surface area contributed by atoms with E-state index >= 15 is 0 Å². The SMILES string of the molecule is CCOC(=O)c1c(C)n(C)c2ccc(O)c(C[NH+](C)C)c12. The number of esters is 1. The van der Waals surface area contributed by atoms with Crippen LogP contribution >= 0.6 is 0 Å². The van der Waals surface area contributed by atoms with Gasteiger partial charge < -0.3 is 19.3 Å². The van der Waals surface area contributed by atoms with Gasteiger partial charge in [0.25, 0.3) is 0 Å². The van der Waals surface area contributed by atoms with E-state index in [2.05, 4.69) is 0 Å². The minimum atomic E-state index is -0.332. The number of aromatic nitrogens is 1. The van der Waals surface area contributed by atoms with Gasteiger partial charge in [0.2, 0.25) is 0 Å². The summed E-state index contributed by atoms with van der Waals surface area (Å²) in [6, 6.07) is 3.53. The molecule has 1 aromatic carbocycles. The van der Waals surface area contributed by atoms with Crippen LogP contribution in [0.5, 0.6) is 5.75 Å². The first kappa shape index (κ1) is 15.4. The van der Waals surface area contributed by atoms with Crippen molar-refractivity contribution in [3.05, 3.63) is 29.0 Å². The lowest BCUT2D eigenvalue weighted by atomic mass is 10.0. The highest BCUT2D eigenvalue weighted by Gasteiger charge is 2.24. The number of rotatable bonds is 4. The Bertz CT molecular complexity index is 687. The third-order valence-electron chi connectivity index (χ3n) is 3.75. The average molecular weight is 291 g/mol. The van der Waals surface area contributed by atoms with E-state index in [1.807, 2.05) is 38.7 Å². The maximum atomic E-state index is 12.3. The summed E-state index contributed by atoms with van der Waals surface area (Å²) in [6.07, 6.45) is 0. The maximum absolute atomic E-state index is 12.3. The van der Waals surface area contributed by atoms with Crippen LogP contribution in [0.15, 0.2) is 12.1 Å². The number of carbonyl (C=O) groups excluding carboxylic acids is 1. The van der Waals surface area contributed by atoms with E-state index in [4.69, 9.17) is 4.74 Å². The van der Waals surface area contributed by atoms with E-state index in [9.17, 15) is 9.90 Å². The van der Waals surface area contributed by atoms with Gasteiger partial charge in [0.15, 0.2) is 0 Å². The fourth-order valence-electron chi connectivity index (χ4n) is 2.70. The first-order chi connectivity index (χ1) is 9.88.